The predicted octanol–water partition coefficient (Wildman–Crippen LogP) is 8.22. The second kappa shape index (κ2) is 30.1. The monoisotopic (exact) mass is 903 g/mol. The normalized spacial score (nSPS) is 19.8. The number of hydrogen-bond donors (Lipinski definition) is 3. The van der Waals surface area contributed by atoms with Gasteiger partial charge in [0.1, 0.15) is 17.2 Å². The second-order valence-electron chi connectivity index (χ2n) is 19.0. The molecule has 4 fully saturated rings. The van der Waals surface area contributed by atoms with E-state index in [4.69, 9.17) is 9.47 Å². The van der Waals surface area contributed by atoms with Gasteiger partial charge in [0, 0.05) is 57.8 Å². The zero-order valence-electron chi connectivity index (χ0n) is 40.3. The topological polar surface area (TPSA) is 189 Å². The number of urea groups is 2. The Morgan fingerprint density at radius 2 is 0.969 bits per heavy atom. The van der Waals surface area contributed by atoms with Gasteiger partial charge in [-0.15, -0.1) is 0 Å². The summed E-state index contributed by atoms with van der Waals surface area (Å²) in [5.74, 6) is -1.96. The number of carbonyl (C=O) groups excluding carboxylic acids is 7. The third-order valence-corrected chi connectivity index (χ3v) is 13.9. The van der Waals surface area contributed by atoms with Crippen LogP contribution >= 0.6 is 0 Å². The Balaban J connectivity index is 0.000000340. The van der Waals surface area contributed by atoms with Crippen LogP contribution in [0.25, 0.3) is 0 Å². The highest BCUT2D eigenvalue weighted by atomic mass is 16.5. The number of ketones is 5. The lowest BCUT2D eigenvalue weighted by atomic mass is 9.74. The van der Waals surface area contributed by atoms with Gasteiger partial charge in [-0.1, -0.05) is 118 Å². The molecule has 3 atom stereocenters. The van der Waals surface area contributed by atoms with Crippen molar-refractivity contribution in [3.8, 4) is 0 Å². The Morgan fingerprint density at radius 1 is 0.547 bits per heavy atom. The number of amides is 4. The summed E-state index contributed by atoms with van der Waals surface area (Å²) < 4.78 is 10.7. The molecular formula is C50H86N4O10. The summed E-state index contributed by atoms with van der Waals surface area (Å²) in [6.45, 7) is 12.4. The summed E-state index contributed by atoms with van der Waals surface area (Å²) in [5.41, 5.74) is -1.81. The minimum Gasteiger partial charge on any atom is -0.385 e. The van der Waals surface area contributed by atoms with Crippen LogP contribution in [-0.2, 0) is 33.4 Å². The molecule has 2 aliphatic carbocycles. The molecule has 0 aromatic heterocycles. The summed E-state index contributed by atoms with van der Waals surface area (Å²) in [6.07, 6.45) is 17.9. The summed E-state index contributed by atoms with van der Waals surface area (Å²) >= 11 is 0. The number of carbonyl (C=O) groups is 7. The Hall–Kier alpha value is -3.23. The molecule has 64 heavy (non-hydrogen) atoms. The summed E-state index contributed by atoms with van der Waals surface area (Å²) in [5, 5.41) is 17.0. The third kappa shape index (κ3) is 17.9. The van der Waals surface area contributed by atoms with Gasteiger partial charge in [0.05, 0.1) is 26.4 Å². The summed E-state index contributed by atoms with van der Waals surface area (Å²) in [4.78, 5) is 94.5. The number of aliphatic hydroxyl groups is 1. The van der Waals surface area contributed by atoms with Crippen LogP contribution in [0.15, 0.2) is 0 Å². The van der Waals surface area contributed by atoms with Gasteiger partial charge in [0.25, 0.3) is 0 Å². The quantitative estimate of drug-likeness (QED) is 0.0564. The zero-order valence-corrected chi connectivity index (χ0v) is 40.3. The number of ether oxygens (including phenoxy) is 2. The van der Waals surface area contributed by atoms with E-state index in [0.717, 1.165) is 103 Å². The third-order valence-electron chi connectivity index (χ3n) is 13.9. The second-order valence-corrected chi connectivity index (χ2v) is 19.0. The number of rotatable bonds is 26. The average molecular weight is 903 g/mol. The van der Waals surface area contributed by atoms with Crippen molar-refractivity contribution in [2.24, 2.45) is 11.8 Å². The molecule has 0 aromatic carbocycles. The first kappa shape index (κ1) is 55.1. The molecule has 4 rings (SSSR count). The summed E-state index contributed by atoms with van der Waals surface area (Å²) in [7, 11) is 0. The van der Waals surface area contributed by atoms with Crippen molar-refractivity contribution in [3.05, 3.63) is 0 Å². The molecule has 0 bridgehead atoms. The highest BCUT2D eigenvalue weighted by Gasteiger charge is 2.45. The Morgan fingerprint density at radius 3 is 1.42 bits per heavy atom. The van der Waals surface area contributed by atoms with Gasteiger partial charge in [0.2, 0.25) is 5.78 Å². The van der Waals surface area contributed by atoms with Crippen LogP contribution in [0.1, 0.15) is 195 Å². The van der Waals surface area contributed by atoms with Gasteiger partial charge in [-0.3, -0.25) is 24.0 Å². The van der Waals surface area contributed by atoms with Crippen LogP contribution in [0.5, 0.6) is 0 Å². The lowest BCUT2D eigenvalue weighted by Crippen LogP contribution is -2.60. The van der Waals surface area contributed by atoms with Crippen molar-refractivity contribution in [1.82, 2.24) is 20.4 Å². The molecule has 2 aliphatic heterocycles. The van der Waals surface area contributed by atoms with E-state index in [9.17, 15) is 38.7 Å². The smallest absolute Gasteiger partial charge is 0.318 e. The van der Waals surface area contributed by atoms with E-state index in [1.54, 1.807) is 9.80 Å². The fourth-order valence-electron chi connectivity index (χ4n) is 9.67. The van der Waals surface area contributed by atoms with Crippen molar-refractivity contribution in [3.63, 3.8) is 0 Å². The molecular weight excluding hydrogens is 817 g/mol. The van der Waals surface area contributed by atoms with Crippen molar-refractivity contribution < 1.29 is 48.1 Å². The first-order valence-corrected chi connectivity index (χ1v) is 25.5. The SMILES string of the molecule is CCCCCC(=O)C(=O)[C@H](CCCC)CC(=O)C1(NC(=O)N2CCOCC2)CCCCC1.CCCCCC(=O)[C@@H](O)[C@H](CCCC)CC(=O)C1(NC(=O)N2CCOCC2)CCCCC1. The van der Waals surface area contributed by atoms with Crippen LogP contribution in [0, 0.1) is 11.8 Å². The van der Waals surface area contributed by atoms with Gasteiger partial charge in [0.15, 0.2) is 23.1 Å². The van der Waals surface area contributed by atoms with Crippen LogP contribution < -0.4 is 10.6 Å². The molecule has 14 heteroatoms. The Bertz CT molecular complexity index is 1450. The maximum Gasteiger partial charge on any atom is 0.318 e. The van der Waals surface area contributed by atoms with E-state index in [1.807, 2.05) is 6.92 Å². The highest BCUT2D eigenvalue weighted by Crippen LogP contribution is 2.34. The molecule has 0 radical (unpaired) electrons. The molecule has 366 valence electrons. The molecule has 0 aromatic rings. The number of Topliss-reactive ketones (excluding diaryl/α,β-unsaturated/α-hetero) is 5. The van der Waals surface area contributed by atoms with E-state index in [0.29, 0.717) is 97.6 Å². The average Bonchev–Trinajstić information content (AvgIpc) is 3.32. The van der Waals surface area contributed by atoms with E-state index in [1.165, 1.54) is 0 Å². The minimum atomic E-state index is -1.10. The van der Waals surface area contributed by atoms with Gasteiger partial charge < -0.3 is 35.0 Å². The van der Waals surface area contributed by atoms with Crippen molar-refractivity contribution in [2.75, 3.05) is 52.6 Å². The first-order chi connectivity index (χ1) is 30.9. The fourth-order valence-corrected chi connectivity index (χ4v) is 9.67. The zero-order chi connectivity index (χ0) is 46.8. The molecule has 14 nitrogen and oxygen atoms in total. The maximum absolute atomic E-state index is 13.6. The number of morpholine rings is 2. The lowest BCUT2D eigenvalue weighted by Gasteiger charge is -2.40. The number of unbranched alkanes of at least 4 members (excludes halogenated alkanes) is 6. The van der Waals surface area contributed by atoms with Crippen molar-refractivity contribution >= 4 is 41.0 Å². The van der Waals surface area contributed by atoms with Crippen molar-refractivity contribution in [1.29, 1.82) is 0 Å². The molecule has 0 spiro atoms. The molecule has 2 saturated heterocycles. The van der Waals surface area contributed by atoms with Crippen molar-refractivity contribution in [2.45, 2.75) is 212 Å². The minimum absolute atomic E-state index is 0.0275. The van der Waals surface area contributed by atoms with E-state index < -0.39 is 28.9 Å². The van der Waals surface area contributed by atoms with Crippen LogP contribution in [0.2, 0.25) is 0 Å². The molecule has 0 unspecified atom stereocenters. The van der Waals surface area contributed by atoms with Gasteiger partial charge >= 0.3 is 12.1 Å². The van der Waals surface area contributed by atoms with E-state index >= 15 is 0 Å². The van der Waals surface area contributed by atoms with Gasteiger partial charge in [-0.05, 0) is 57.3 Å². The number of nitrogens with one attached hydrogen (secondary N) is 2. The van der Waals surface area contributed by atoms with E-state index in [2.05, 4.69) is 31.4 Å². The molecule has 4 aliphatic rings. The molecule has 4 amide bonds. The Labute approximate surface area is 384 Å². The number of aliphatic hydroxyl groups excluding tert-OH is 1. The highest BCUT2D eigenvalue weighted by molar-refractivity contribution is 6.38. The van der Waals surface area contributed by atoms with Crippen LogP contribution in [0.3, 0.4) is 0 Å². The lowest BCUT2D eigenvalue weighted by molar-refractivity contribution is -0.141. The maximum atomic E-state index is 13.6. The fraction of sp³-hybridized carbons (Fsp3) is 0.860. The number of nitrogens with zero attached hydrogens (tertiary/aromatic N) is 2. The number of hydrogen-bond acceptors (Lipinski definition) is 10. The van der Waals surface area contributed by atoms with E-state index in [-0.39, 0.29) is 60.4 Å². The molecule has 2 heterocycles. The standard InChI is InChI=1S/C25H44N2O5.C25H42N2O5/c2*1-3-5-8-12-21(28)23(30)20(11-6-4-2)19-22(29)25(13-9-7-10-14-25)26-24(31)27-15-17-32-18-16-27/h20,23,30H,3-19H2,1-2H3,(H,26,31);20H,3-19H2,1-2H3,(H,26,31)/t20-,23+;20-/m11/s1. The molecule has 2 saturated carbocycles. The Kier molecular flexibility index (Phi) is 25.9. The van der Waals surface area contributed by atoms with Crippen LogP contribution in [-0.4, -0.2) is 126 Å². The predicted molar refractivity (Wildman–Crippen MR) is 248 cm³/mol. The largest absolute Gasteiger partial charge is 0.385 e. The van der Waals surface area contributed by atoms with Gasteiger partial charge in [-0.2, -0.15) is 0 Å². The first-order valence-electron chi connectivity index (χ1n) is 25.5. The molecule has 3 N–H and O–H groups in total. The summed E-state index contributed by atoms with van der Waals surface area (Å²) in [6, 6.07) is -0.430. The van der Waals surface area contributed by atoms with Crippen LogP contribution in [0.4, 0.5) is 9.59 Å². The van der Waals surface area contributed by atoms with Gasteiger partial charge in [-0.25, -0.2) is 9.59 Å².